The lowest BCUT2D eigenvalue weighted by Crippen LogP contribution is -2.53. The maximum absolute atomic E-state index is 12.5. The number of imidazole rings is 1. The van der Waals surface area contributed by atoms with Crippen LogP contribution in [0, 0.1) is 6.92 Å². The van der Waals surface area contributed by atoms with E-state index in [2.05, 4.69) is 20.4 Å². The summed E-state index contributed by atoms with van der Waals surface area (Å²) in [6.45, 7) is 6.51. The Hall–Kier alpha value is -3.55. The zero-order valence-electron chi connectivity index (χ0n) is 16.4. The van der Waals surface area contributed by atoms with Gasteiger partial charge in [-0.25, -0.2) is 4.98 Å². The Labute approximate surface area is 167 Å². The van der Waals surface area contributed by atoms with Crippen molar-refractivity contribution in [3.05, 3.63) is 53.9 Å². The molecule has 0 radical (unpaired) electrons. The molecule has 150 valence electrons. The second-order valence-electron chi connectivity index (χ2n) is 6.86. The van der Waals surface area contributed by atoms with Crippen LogP contribution >= 0.6 is 0 Å². The predicted octanol–water partition coefficient (Wildman–Crippen LogP) is 2.35. The van der Waals surface area contributed by atoms with E-state index in [0.717, 1.165) is 23.4 Å². The van der Waals surface area contributed by atoms with Gasteiger partial charge in [-0.3, -0.25) is 20.4 Å². The van der Waals surface area contributed by atoms with Crippen LogP contribution in [0.5, 0.6) is 11.5 Å². The molecular formula is C21H22N4O4. The number of fused-ring (bicyclic) bond motifs is 2. The molecule has 2 atom stereocenters. The number of aromatic nitrogens is 2. The van der Waals surface area contributed by atoms with Gasteiger partial charge in [0.1, 0.15) is 11.9 Å². The van der Waals surface area contributed by atoms with Crippen molar-refractivity contribution < 1.29 is 19.1 Å². The predicted molar refractivity (Wildman–Crippen MR) is 107 cm³/mol. The number of hydrogen-bond donors (Lipinski definition) is 2. The van der Waals surface area contributed by atoms with E-state index in [1.54, 1.807) is 37.3 Å². The first-order valence-electron chi connectivity index (χ1n) is 9.47. The van der Waals surface area contributed by atoms with Crippen molar-refractivity contribution in [2.75, 3.05) is 0 Å². The average Bonchev–Trinajstić information content (AvgIpc) is 3.05. The molecule has 8 heteroatoms. The third kappa shape index (κ3) is 3.49. The van der Waals surface area contributed by atoms with Crippen LogP contribution in [0.2, 0.25) is 0 Å². The largest absolute Gasteiger partial charge is 0.482 e. The molecule has 1 aromatic heterocycles. The minimum absolute atomic E-state index is 0.401. The van der Waals surface area contributed by atoms with E-state index in [4.69, 9.17) is 9.47 Å². The van der Waals surface area contributed by atoms with Crippen molar-refractivity contribution in [3.63, 3.8) is 0 Å². The van der Waals surface area contributed by atoms with Crippen molar-refractivity contribution in [1.82, 2.24) is 20.4 Å². The topological polar surface area (TPSA) is 94.5 Å². The van der Waals surface area contributed by atoms with Gasteiger partial charge in [-0.2, -0.15) is 0 Å². The molecule has 3 aromatic rings. The van der Waals surface area contributed by atoms with Crippen molar-refractivity contribution in [3.8, 4) is 11.5 Å². The number of carbonyl (C=O) groups excluding carboxylic acids is 2. The number of para-hydroxylation sites is 2. The summed E-state index contributed by atoms with van der Waals surface area (Å²) in [4.78, 5) is 29.5. The van der Waals surface area contributed by atoms with Crippen LogP contribution in [0.4, 0.5) is 0 Å². The summed E-state index contributed by atoms with van der Waals surface area (Å²) in [5.74, 6) is 1.03. The van der Waals surface area contributed by atoms with Gasteiger partial charge in [-0.1, -0.05) is 12.1 Å². The molecule has 2 heterocycles. The van der Waals surface area contributed by atoms with Gasteiger partial charge in [0, 0.05) is 12.1 Å². The van der Waals surface area contributed by atoms with Crippen LogP contribution < -0.4 is 20.3 Å². The Bertz CT molecular complexity index is 1090. The van der Waals surface area contributed by atoms with Crippen LogP contribution in [0.1, 0.15) is 30.0 Å². The van der Waals surface area contributed by atoms with Crippen LogP contribution in [0.15, 0.2) is 42.5 Å². The summed E-state index contributed by atoms with van der Waals surface area (Å²) < 4.78 is 13.5. The highest BCUT2D eigenvalue weighted by Crippen LogP contribution is 2.33. The van der Waals surface area contributed by atoms with Crippen molar-refractivity contribution in [2.45, 2.75) is 39.5 Å². The summed E-state index contributed by atoms with van der Waals surface area (Å²) >= 11 is 0. The van der Waals surface area contributed by atoms with Gasteiger partial charge >= 0.3 is 0 Å². The third-order valence-corrected chi connectivity index (χ3v) is 4.92. The molecule has 0 unspecified atom stereocenters. The molecule has 2 amide bonds. The Morgan fingerprint density at radius 2 is 1.83 bits per heavy atom. The second kappa shape index (κ2) is 7.46. The average molecular weight is 394 g/mol. The van der Waals surface area contributed by atoms with E-state index in [1.165, 1.54) is 0 Å². The van der Waals surface area contributed by atoms with Gasteiger partial charge in [0.2, 0.25) is 6.10 Å². The number of nitrogens with one attached hydrogen (secondary N) is 2. The fourth-order valence-electron chi connectivity index (χ4n) is 3.46. The fourth-order valence-corrected chi connectivity index (χ4v) is 3.46. The first kappa shape index (κ1) is 18.8. The number of hydrogen-bond acceptors (Lipinski definition) is 5. The van der Waals surface area contributed by atoms with E-state index < -0.39 is 24.0 Å². The van der Waals surface area contributed by atoms with Crippen molar-refractivity contribution >= 4 is 22.8 Å². The first-order valence-corrected chi connectivity index (χ1v) is 9.47. The van der Waals surface area contributed by atoms with Gasteiger partial charge in [-0.05, 0) is 51.1 Å². The number of rotatable bonds is 3. The standard InChI is InChI=1S/C21H22N4O4/c1-4-25-13(3)22-15-11-14(9-10-16(15)25)20(26)23-24-21(27)19-12(2)28-17-7-5-6-8-18(17)29-19/h5-12,19H,4H2,1-3H3,(H,23,26)(H,24,27)/t12-,19-/m1/s1. The van der Waals surface area contributed by atoms with Crippen molar-refractivity contribution in [1.29, 1.82) is 0 Å². The Kier molecular flexibility index (Phi) is 4.84. The minimum atomic E-state index is -0.879. The van der Waals surface area contributed by atoms with E-state index >= 15 is 0 Å². The van der Waals surface area contributed by atoms with E-state index in [1.807, 2.05) is 26.0 Å². The van der Waals surface area contributed by atoms with E-state index in [0.29, 0.717) is 17.1 Å². The summed E-state index contributed by atoms with van der Waals surface area (Å²) in [5, 5.41) is 0. The molecule has 0 saturated carbocycles. The molecule has 1 aliphatic rings. The Balaban J connectivity index is 1.43. The van der Waals surface area contributed by atoms with Gasteiger partial charge in [-0.15, -0.1) is 0 Å². The van der Waals surface area contributed by atoms with Crippen LogP contribution in [0.3, 0.4) is 0 Å². The van der Waals surface area contributed by atoms with Crippen LogP contribution in [0.25, 0.3) is 11.0 Å². The number of benzene rings is 2. The Morgan fingerprint density at radius 1 is 1.10 bits per heavy atom. The molecular weight excluding hydrogens is 372 g/mol. The number of amides is 2. The maximum Gasteiger partial charge on any atom is 0.283 e. The van der Waals surface area contributed by atoms with Crippen LogP contribution in [-0.2, 0) is 11.3 Å². The quantitative estimate of drug-likeness (QED) is 0.665. The summed E-state index contributed by atoms with van der Waals surface area (Å²) in [7, 11) is 0. The van der Waals surface area contributed by atoms with Crippen molar-refractivity contribution in [2.24, 2.45) is 0 Å². The highest BCUT2D eigenvalue weighted by Gasteiger charge is 2.34. The normalized spacial score (nSPS) is 17.8. The monoisotopic (exact) mass is 394 g/mol. The van der Waals surface area contributed by atoms with Gasteiger partial charge in [0.15, 0.2) is 11.5 Å². The SMILES string of the molecule is CCn1c(C)nc2cc(C(=O)NNC(=O)[C@@H]3Oc4ccccc4O[C@@H]3C)ccc21. The fraction of sp³-hybridized carbons (Fsp3) is 0.286. The third-order valence-electron chi connectivity index (χ3n) is 4.92. The molecule has 0 bridgehead atoms. The number of aryl methyl sites for hydroxylation is 2. The molecule has 2 N–H and O–H groups in total. The highest BCUT2D eigenvalue weighted by molar-refractivity contribution is 5.98. The molecule has 2 aromatic carbocycles. The Morgan fingerprint density at radius 3 is 2.55 bits per heavy atom. The summed E-state index contributed by atoms with van der Waals surface area (Å²) in [5.41, 5.74) is 6.95. The lowest BCUT2D eigenvalue weighted by Gasteiger charge is -2.30. The number of hydrazine groups is 1. The molecule has 0 aliphatic carbocycles. The first-order chi connectivity index (χ1) is 14.0. The lowest BCUT2D eigenvalue weighted by atomic mass is 10.1. The number of ether oxygens (including phenoxy) is 2. The molecule has 4 rings (SSSR count). The summed E-state index contributed by atoms with van der Waals surface area (Å²) in [6, 6.07) is 12.4. The molecule has 0 saturated heterocycles. The molecule has 8 nitrogen and oxygen atoms in total. The zero-order valence-corrected chi connectivity index (χ0v) is 16.4. The van der Waals surface area contributed by atoms with E-state index in [9.17, 15) is 9.59 Å². The molecule has 0 spiro atoms. The van der Waals surface area contributed by atoms with Gasteiger partial charge < -0.3 is 14.0 Å². The smallest absolute Gasteiger partial charge is 0.283 e. The zero-order chi connectivity index (χ0) is 20.5. The highest BCUT2D eigenvalue weighted by atomic mass is 16.6. The van der Waals surface area contributed by atoms with Crippen LogP contribution in [-0.4, -0.2) is 33.6 Å². The van der Waals surface area contributed by atoms with Gasteiger partial charge in [0.05, 0.1) is 11.0 Å². The lowest BCUT2D eigenvalue weighted by molar-refractivity contribution is -0.134. The number of carbonyl (C=O) groups is 2. The minimum Gasteiger partial charge on any atom is -0.482 e. The summed E-state index contributed by atoms with van der Waals surface area (Å²) in [6.07, 6.45) is -1.38. The second-order valence-corrected chi connectivity index (χ2v) is 6.86. The van der Waals surface area contributed by atoms with E-state index in [-0.39, 0.29) is 0 Å². The van der Waals surface area contributed by atoms with Gasteiger partial charge in [0.25, 0.3) is 11.8 Å². The molecule has 1 aliphatic heterocycles. The molecule has 0 fully saturated rings. The number of nitrogens with zero attached hydrogens (tertiary/aromatic N) is 2. The molecule has 29 heavy (non-hydrogen) atoms. The maximum atomic E-state index is 12.5.